The van der Waals surface area contributed by atoms with Crippen LogP contribution in [0.5, 0.6) is 0 Å². The molecule has 33 heavy (non-hydrogen) atoms. The van der Waals surface area contributed by atoms with E-state index in [1.165, 1.54) is 0 Å². The van der Waals surface area contributed by atoms with E-state index < -0.39 is 0 Å². The van der Waals surface area contributed by atoms with Gasteiger partial charge in [0.2, 0.25) is 11.5 Å². The summed E-state index contributed by atoms with van der Waals surface area (Å²) >= 11 is 0. The number of aliphatic hydroxyl groups excluding tert-OH is 1. The van der Waals surface area contributed by atoms with Crippen molar-refractivity contribution in [2.75, 3.05) is 27.6 Å². The van der Waals surface area contributed by atoms with Gasteiger partial charge in [-0.05, 0) is 19.1 Å². The van der Waals surface area contributed by atoms with E-state index in [0.717, 1.165) is 44.7 Å². The third kappa shape index (κ3) is 3.02. The normalized spacial score (nSPS) is 17.9. The van der Waals surface area contributed by atoms with E-state index in [1.54, 1.807) is 14.2 Å². The average molecular weight is 444 g/mol. The first-order valence-corrected chi connectivity index (χ1v) is 11.0. The van der Waals surface area contributed by atoms with Gasteiger partial charge in [-0.15, -0.1) is 0 Å². The van der Waals surface area contributed by atoms with Gasteiger partial charge in [0, 0.05) is 55.9 Å². The maximum absolute atomic E-state index is 13.6. The molecule has 2 aliphatic rings. The van der Waals surface area contributed by atoms with Crippen LogP contribution in [0.2, 0.25) is 0 Å². The molecule has 6 nitrogen and oxygen atoms in total. The van der Waals surface area contributed by atoms with Crippen molar-refractivity contribution >= 4 is 39.2 Å². The molecule has 0 fully saturated rings. The van der Waals surface area contributed by atoms with Crippen LogP contribution in [0.4, 0.5) is 5.69 Å². The van der Waals surface area contributed by atoms with Crippen LogP contribution in [-0.2, 0) is 20.8 Å². The first-order chi connectivity index (χ1) is 16.0. The fourth-order valence-electron chi connectivity index (χ4n) is 5.13. The van der Waals surface area contributed by atoms with Gasteiger partial charge in [0.15, 0.2) is 5.71 Å². The molecule has 0 spiro atoms. The molecule has 2 aromatic carbocycles. The van der Waals surface area contributed by atoms with Crippen molar-refractivity contribution in [3.8, 4) is 0 Å². The Balaban J connectivity index is 1.72. The van der Waals surface area contributed by atoms with E-state index in [0.29, 0.717) is 31.0 Å². The summed E-state index contributed by atoms with van der Waals surface area (Å²) in [7, 11) is 3.32. The molecule has 3 aromatic rings. The number of para-hydroxylation sites is 2. The van der Waals surface area contributed by atoms with Gasteiger partial charge in [-0.3, -0.25) is 4.79 Å². The Bertz CT molecular complexity index is 1400. The first kappa shape index (κ1) is 21.4. The maximum Gasteiger partial charge on any atom is 0.253 e. The topological polar surface area (TPSA) is 63.7 Å². The highest BCUT2D eigenvalue weighted by atomic mass is 16.5. The Hall–Kier alpha value is -3.48. The molecule has 1 aliphatic carbocycles. The number of hydrogen-bond donors (Lipinski definition) is 1. The van der Waals surface area contributed by atoms with Crippen molar-refractivity contribution in [3.63, 3.8) is 0 Å². The number of nitrogens with zero attached hydrogens (tertiary/aromatic N) is 2. The van der Waals surface area contributed by atoms with Crippen molar-refractivity contribution in [2.24, 2.45) is 0 Å². The second kappa shape index (κ2) is 8.14. The van der Waals surface area contributed by atoms with Crippen LogP contribution in [0.25, 0.3) is 22.0 Å². The highest BCUT2D eigenvalue weighted by Gasteiger charge is 2.44. The summed E-state index contributed by atoms with van der Waals surface area (Å²) in [6.07, 6.45) is 0. The number of aliphatic hydroxyl groups is 1. The van der Waals surface area contributed by atoms with Crippen molar-refractivity contribution in [1.82, 2.24) is 4.57 Å². The Kier molecular flexibility index (Phi) is 5.27. The summed E-state index contributed by atoms with van der Waals surface area (Å²) < 4.78 is 14.8. The van der Waals surface area contributed by atoms with Crippen LogP contribution in [0.3, 0.4) is 0 Å². The van der Waals surface area contributed by atoms with Crippen LogP contribution < -0.4 is 0 Å². The zero-order valence-corrected chi connectivity index (χ0v) is 19.3. The minimum Gasteiger partial charge on any atom is -0.506 e. The van der Waals surface area contributed by atoms with Crippen molar-refractivity contribution < 1.29 is 24.0 Å². The Morgan fingerprint density at radius 3 is 2.39 bits per heavy atom. The van der Waals surface area contributed by atoms with Crippen molar-refractivity contribution in [2.45, 2.75) is 20.4 Å². The van der Waals surface area contributed by atoms with Crippen LogP contribution >= 0.6 is 0 Å². The lowest BCUT2D eigenvalue weighted by atomic mass is 9.78. The minimum absolute atomic E-state index is 0.0566. The molecule has 0 saturated carbocycles. The van der Waals surface area contributed by atoms with Crippen molar-refractivity contribution in [1.29, 1.82) is 0 Å². The zero-order chi connectivity index (χ0) is 23.3. The number of rotatable bonds is 6. The van der Waals surface area contributed by atoms with E-state index in [-0.39, 0.29) is 11.5 Å². The first-order valence-electron chi connectivity index (χ1n) is 11.0. The molecule has 0 radical (unpaired) electrons. The molecule has 0 saturated heterocycles. The summed E-state index contributed by atoms with van der Waals surface area (Å²) in [6, 6.07) is 15.9. The quantitative estimate of drug-likeness (QED) is 0.446. The summed E-state index contributed by atoms with van der Waals surface area (Å²) in [5, 5.41) is 12.2. The van der Waals surface area contributed by atoms with Gasteiger partial charge in [0.25, 0.3) is 6.73 Å². The molecule has 0 bridgehead atoms. The average Bonchev–Trinajstić information content (AvgIpc) is 3.25. The number of hydrogen-bond acceptors (Lipinski definition) is 4. The fraction of sp³-hybridized carbons (Fsp3) is 0.259. The predicted octanol–water partition coefficient (Wildman–Crippen LogP) is 4.62. The molecule has 2 heterocycles. The van der Waals surface area contributed by atoms with Gasteiger partial charge in [-0.2, -0.15) is 4.58 Å². The number of aromatic nitrogens is 1. The number of ketones is 1. The molecule has 1 N–H and O–H groups in total. The van der Waals surface area contributed by atoms with Crippen LogP contribution in [0.15, 0.2) is 59.9 Å². The number of benzene rings is 2. The predicted molar refractivity (Wildman–Crippen MR) is 129 cm³/mol. The molecule has 168 valence electrons. The van der Waals surface area contributed by atoms with Gasteiger partial charge in [0.1, 0.15) is 5.76 Å². The molecule has 0 amide bonds. The fourth-order valence-corrected chi connectivity index (χ4v) is 5.13. The molecular weight excluding hydrogens is 416 g/mol. The maximum atomic E-state index is 13.6. The number of methoxy groups -OCH3 is 2. The number of ether oxygens (including phenoxy) is 2. The number of carbonyl (C=O) groups excluding carboxylic acids is 1. The highest BCUT2D eigenvalue weighted by Crippen LogP contribution is 2.47. The molecule has 0 atom stereocenters. The standard InChI is InChI=1S/C27H26N2O4/c1-16-22(18-9-5-7-11-20(18)28(16)13-14-32-3)24-26(30)25(27(24)31)23-17(2)29(15-33-4)21-12-8-6-10-19(21)23/h5-12H,13-15H2,1-4H3/p+1. The second-order valence-electron chi connectivity index (χ2n) is 8.37. The van der Waals surface area contributed by atoms with Gasteiger partial charge in [-0.25, -0.2) is 0 Å². The molecule has 0 unspecified atom stereocenters. The lowest BCUT2D eigenvalue weighted by molar-refractivity contribution is -0.485. The van der Waals surface area contributed by atoms with Gasteiger partial charge < -0.3 is 19.1 Å². The van der Waals surface area contributed by atoms with E-state index in [9.17, 15) is 9.90 Å². The minimum atomic E-state index is -0.131. The number of Topliss-reactive ketones (excluding diaryl/α,β-unsaturated/α-hetero) is 1. The van der Waals surface area contributed by atoms with E-state index in [1.807, 2.05) is 67.0 Å². The van der Waals surface area contributed by atoms with E-state index in [2.05, 4.69) is 4.57 Å². The lowest BCUT2D eigenvalue weighted by Crippen LogP contribution is -2.25. The van der Waals surface area contributed by atoms with Gasteiger partial charge >= 0.3 is 0 Å². The third-order valence-electron chi connectivity index (χ3n) is 6.67. The highest BCUT2D eigenvalue weighted by molar-refractivity contribution is 6.47. The molecular formula is C27H27N2O4+. The molecule has 6 heteroatoms. The number of fused-ring (bicyclic) bond motifs is 2. The molecule has 1 aliphatic heterocycles. The molecule has 1 aromatic heterocycles. The SMILES string of the molecule is COCCn1c(C)c(C2=C(O)C(=C3C(C)=[N+](COC)c4ccccc43)C2=O)c2ccccc21. The molecule has 5 rings (SSSR count). The van der Waals surface area contributed by atoms with Gasteiger partial charge in [-0.1, -0.05) is 30.3 Å². The Morgan fingerprint density at radius 1 is 0.939 bits per heavy atom. The van der Waals surface area contributed by atoms with Crippen LogP contribution in [-0.4, -0.2) is 53.3 Å². The largest absolute Gasteiger partial charge is 0.506 e. The summed E-state index contributed by atoms with van der Waals surface area (Å²) in [6.45, 7) is 5.56. The van der Waals surface area contributed by atoms with Gasteiger partial charge in [0.05, 0.1) is 28.9 Å². The third-order valence-corrected chi connectivity index (χ3v) is 6.67. The second-order valence-corrected chi connectivity index (χ2v) is 8.37. The number of allylic oxidation sites excluding steroid dienone is 3. The summed E-state index contributed by atoms with van der Waals surface area (Å²) in [4.78, 5) is 13.6. The Morgan fingerprint density at radius 2 is 1.67 bits per heavy atom. The van der Waals surface area contributed by atoms with Crippen LogP contribution in [0.1, 0.15) is 23.7 Å². The van der Waals surface area contributed by atoms with E-state index >= 15 is 0 Å². The van der Waals surface area contributed by atoms with E-state index in [4.69, 9.17) is 9.47 Å². The monoisotopic (exact) mass is 443 g/mol. The lowest BCUT2D eigenvalue weighted by Gasteiger charge is -2.23. The summed E-state index contributed by atoms with van der Waals surface area (Å²) in [5.74, 6) is -0.0742. The Labute approximate surface area is 192 Å². The zero-order valence-electron chi connectivity index (χ0n) is 19.3. The van der Waals surface area contributed by atoms with Crippen LogP contribution in [0, 0.1) is 6.92 Å². The summed E-state index contributed by atoms with van der Waals surface area (Å²) in [5.41, 5.74) is 7.10. The smallest absolute Gasteiger partial charge is 0.253 e. The number of carbonyl (C=O) groups is 1. The van der Waals surface area contributed by atoms with Crippen molar-refractivity contribution in [3.05, 3.63) is 76.7 Å².